The van der Waals surface area contributed by atoms with E-state index in [1.165, 1.54) is 6.07 Å². The topological polar surface area (TPSA) is 72.2 Å². The smallest absolute Gasteiger partial charge is 0.277 e. The molecule has 1 N–H and O–H groups in total. The van der Waals surface area contributed by atoms with Crippen LogP contribution in [0, 0.1) is 10.1 Å². The minimum Gasteiger partial charge on any atom is -0.325 e. The van der Waals surface area contributed by atoms with Gasteiger partial charge in [0.05, 0.1) is 10.3 Å². The zero-order valence-electron chi connectivity index (χ0n) is 9.47. The molecule has 2 aromatic rings. The van der Waals surface area contributed by atoms with Crippen LogP contribution in [0.1, 0.15) is 12.0 Å². The van der Waals surface area contributed by atoms with E-state index in [-0.39, 0.29) is 11.6 Å². The predicted molar refractivity (Wildman–Crippen MR) is 67.6 cm³/mol. The van der Waals surface area contributed by atoms with E-state index in [1.807, 2.05) is 6.07 Å². The Hall–Kier alpha value is -2.43. The number of anilines is 1. The van der Waals surface area contributed by atoms with Gasteiger partial charge in [-0.15, -0.1) is 0 Å². The van der Waals surface area contributed by atoms with Crippen LogP contribution in [-0.2, 0) is 11.2 Å². The van der Waals surface area contributed by atoms with Crippen molar-refractivity contribution in [1.29, 1.82) is 0 Å². The highest BCUT2D eigenvalue weighted by atomic mass is 16.6. The van der Waals surface area contributed by atoms with Crippen molar-refractivity contribution >= 4 is 28.1 Å². The Balaban J connectivity index is 2.40. The van der Waals surface area contributed by atoms with Crippen LogP contribution >= 0.6 is 0 Å². The predicted octanol–water partition coefficient (Wildman–Crippen LogP) is 2.63. The van der Waals surface area contributed by atoms with Gasteiger partial charge in [0, 0.05) is 23.6 Å². The zero-order chi connectivity index (χ0) is 12.7. The Morgan fingerprint density at radius 1 is 1.17 bits per heavy atom. The maximum atomic E-state index is 11.6. The summed E-state index contributed by atoms with van der Waals surface area (Å²) in [6.07, 6.45) is 1.01. The number of aryl methyl sites for hydroxylation is 1. The molecule has 3 rings (SSSR count). The van der Waals surface area contributed by atoms with E-state index in [4.69, 9.17) is 0 Å². The lowest BCUT2D eigenvalue weighted by atomic mass is 9.99. The molecular formula is C13H10N2O3. The van der Waals surface area contributed by atoms with Crippen molar-refractivity contribution in [3.63, 3.8) is 0 Å². The lowest BCUT2D eigenvalue weighted by Gasteiger charge is -2.08. The highest BCUT2D eigenvalue weighted by Crippen LogP contribution is 2.35. The van der Waals surface area contributed by atoms with Gasteiger partial charge in [-0.05, 0) is 24.1 Å². The minimum absolute atomic E-state index is 0.0543. The summed E-state index contributed by atoms with van der Waals surface area (Å²) in [4.78, 5) is 22.2. The van der Waals surface area contributed by atoms with Crippen LogP contribution in [0.2, 0.25) is 0 Å². The molecule has 0 fully saturated rings. The average Bonchev–Trinajstić information content (AvgIpc) is 2.51. The molecule has 0 saturated carbocycles. The number of carbonyl (C=O) groups excluding carboxylic acids is 1. The molecule has 18 heavy (non-hydrogen) atoms. The van der Waals surface area contributed by atoms with Gasteiger partial charge in [0.25, 0.3) is 5.69 Å². The number of nitro groups is 1. The molecule has 0 atom stereocenters. The third-order valence-corrected chi connectivity index (χ3v) is 3.20. The first-order valence-corrected chi connectivity index (χ1v) is 5.65. The highest BCUT2D eigenvalue weighted by Gasteiger charge is 2.20. The van der Waals surface area contributed by atoms with Crippen LogP contribution in [0.15, 0.2) is 30.3 Å². The van der Waals surface area contributed by atoms with E-state index in [1.54, 1.807) is 18.2 Å². The Kier molecular flexibility index (Phi) is 2.26. The van der Waals surface area contributed by atoms with Crippen molar-refractivity contribution in [2.24, 2.45) is 0 Å². The molecule has 1 heterocycles. The van der Waals surface area contributed by atoms with Crippen LogP contribution in [0.5, 0.6) is 0 Å². The van der Waals surface area contributed by atoms with Crippen LogP contribution in [0.3, 0.4) is 0 Å². The summed E-state index contributed by atoms with van der Waals surface area (Å²) in [7, 11) is 0. The number of nitrogens with one attached hydrogen (secondary N) is 1. The number of hydrogen-bond donors (Lipinski definition) is 1. The van der Waals surface area contributed by atoms with Crippen molar-refractivity contribution < 1.29 is 9.72 Å². The fourth-order valence-corrected chi connectivity index (χ4v) is 2.40. The molecule has 5 heteroatoms. The first-order valence-electron chi connectivity index (χ1n) is 5.65. The molecule has 0 unspecified atom stereocenters. The lowest BCUT2D eigenvalue weighted by Crippen LogP contribution is -2.09. The molecule has 5 nitrogen and oxygen atoms in total. The molecule has 0 aromatic heterocycles. The Bertz CT molecular complexity index is 679. The Morgan fingerprint density at radius 3 is 2.78 bits per heavy atom. The van der Waals surface area contributed by atoms with Gasteiger partial charge in [-0.25, -0.2) is 0 Å². The first-order chi connectivity index (χ1) is 8.66. The summed E-state index contributed by atoms with van der Waals surface area (Å²) in [6, 6.07) is 8.47. The van der Waals surface area contributed by atoms with Gasteiger partial charge in [-0.3, -0.25) is 14.9 Å². The van der Waals surface area contributed by atoms with E-state index in [0.717, 1.165) is 10.9 Å². The number of benzene rings is 2. The van der Waals surface area contributed by atoms with Gasteiger partial charge in [-0.1, -0.05) is 12.1 Å². The molecule has 0 radical (unpaired) electrons. The molecule has 1 aliphatic rings. The summed E-state index contributed by atoms with van der Waals surface area (Å²) >= 11 is 0. The van der Waals surface area contributed by atoms with Crippen molar-refractivity contribution in [3.8, 4) is 0 Å². The summed E-state index contributed by atoms with van der Waals surface area (Å²) in [5.41, 5.74) is 1.71. The fraction of sp³-hybridized carbons (Fsp3) is 0.154. The number of nitro benzene ring substituents is 1. The Morgan fingerprint density at radius 2 is 2.00 bits per heavy atom. The second kappa shape index (κ2) is 3.80. The van der Waals surface area contributed by atoms with Crippen molar-refractivity contribution in [1.82, 2.24) is 0 Å². The van der Waals surface area contributed by atoms with Gasteiger partial charge >= 0.3 is 0 Å². The normalized spacial score (nSPS) is 14.1. The van der Waals surface area contributed by atoms with Crippen molar-refractivity contribution in [2.75, 3.05) is 5.32 Å². The maximum Gasteiger partial charge on any atom is 0.277 e. The number of nitrogens with zero attached hydrogens (tertiary/aromatic N) is 1. The van der Waals surface area contributed by atoms with Crippen molar-refractivity contribution in [3.05, 3.63) is 46.0 Å². The number of carbonyl (C=O) groups is 1. The minimum atomic E-state index is -0.393. The lowest BCUT2D eigenvalue weighted by molar-refractivity contribution is -0.383. The molecule has 90 valence electrons. The highest BCUT2D eigenvalue weighted by molar-refractivity contribution is 6.08. The molecular weight excluding hydrogens is 232 g/mol. The SMILES string of the molecule is O=C1CCc2cccc3c([N+](=O)[O-])ccc(c23)N1. The van der Waals surface area contributed by atoms with Crippen LogP contribution in [-0.4, -0.2) is 10.8 Å². The van der Waals surface area contributed by atoms with Crippen molar-refractivity contribution in [2.45, 2.75) is 12.8 Å². The molecule has 0 spiro atoms. The molecule has 2 aromatic carbocycles. The third kappa shape index (κ3) is 1.52. The average molecular weight is 242 g/mol. The third-order valence-electron chi connectivity index (χ3n) is 3.20. The van der Waals surface area contributed by atoms with Crippen LogP contribution in [0.4, 0.5) is 11.4 Å². The molecule has 0 bridgehead atoms. The van der Waals surface area contributed by atoms with Gasteiger partial charge in [0.2, 0.25) is 5.91 Å². The summed E-state index contributed by atoms with van der Waals surface area (Å²) in [5, 5.41) is 15.2. The fourth-order valence-electron chi connectivity index (χ4n) is 2.40. The largest absolute Gasteiger partial charge is 0.325 e. The monoisotopic (exact) mass is 242 g/mol. The maximum absolute atomic E-state index is 11.6. The van der Waals surface area contributed by atoms with E-state index in [2.05, 4.69) is 5.32 Å². The van der Waals surface area contributed by atoms with Crippen LogP contribution in [0.25, 0.3) is 10.8 Å². The van der Waals surface area contributed by atoms with E-state index in [0.29, 0.717) is 23.9 Å². The summed E-state index contributed by atoms with van der Waals surface area (Å²) in [6.45, 7) is 0. The number of non-ortho nitro benzene ring substituents is 1. The number of rotatable bonds is 1. The van der Waals surface area contributed by atoms with Crippen LogP contribution < -0.4 is 5.32 Å². The van der Waals surface area contributed by atoms with Gasteiger partial charge in [0.15, 0.2) is 0 Å². The molecule has 0 saturated heterocycles. The molecule has 0 aliphatic carbocycles. The van der Waals surface area contributed by atoms with Gasteiger partial charge in [0.1, 0.15) is 0 Å². The van der Waals surface area contributed by atoms with E-state index >= 15 is 0 Å². The molecule has 1 amide bonds. The first kappa shape index (κ1) is 10.7. The Labute approximate surface area is 103 Å². The quantitative estimate of drug-likeness (QED) is 0.617. The van der Waals surface area contributed by atoms with E-state index < -0.39 is 4.92 Å². The molecule has 1 aliphatic heterocycles. The zero-order valence-corrected chi connectivity index (χ0v) is 9.47. The number of hydrogen-bond acceptors (Lipinski definition) is 3. The van der Waals surface area contributed by atoms with Gasteiger partial charge in [-0.2, -0.15) is 0 Å². The van der Waals surface area contributed by atoms with E-state index in [9.17, 15) is 14.9 Å². The second-order valence-electron chi connectivity index (χ2n) is 4.28. The number of amides is 1. The standard InChI is InChI=1S/C13H10N2O3/c16-12-7-4-8-2-1-3-9-11(15(17)18)6-5-10(14-12)13(8)9/h1-3,5-6H,4,7H2,(H,14,16). The van der Waals surface area contributed by atoms with Gasteiger partial charge < -0.3 is 5.32 Å². The second-order valence-corrected chi connectivity index (χ2v) is 4.28. The summed E-state index contributed by atoms with van der Waals surface area (Å²) in [5.74, 6) is -0.0543. The summed E-state index contributed by atoms with van der Waals surface area (Å²) < 4.78 is 0.